The maximum absolute atomic E-state index is 11.2. The Morgan fingerprint density at radius 3 is 2.50 bits per heavy atom. The van der Waals surface area contributed by atoms with Crippen LogP contribution in [-0.4, -0.2) is 11.0 Å². The Morgan fingerprint density at radius 2 is 2.00 bits per heavy atom. The van der Waals surface area contributed by atoms with Gasteiger partial charge in [0.05, 0.1) is 5.56 Å². The number of alkyl halides is 1. The van der Waals surface area contributed by atoms with Crippen molar-refractivity contribution in [1.29, 1.82) is 0 Å². The minimum atomic E-state index is -0.306. The highest BCUT2D eigenvalue weighted by molar-refractivity contribution is 9.09. The summed E-state index contributed by atoms with van der Waals surface area (Å²) in [6.07, 6.45) is 0. The van der Waals surface area contributed by atoms with E-state index in [1.54, 1.807) is 31.2 Å². The normalized spacial score (nSPS) is 12.2. The largest absolute Gasteiger partial charge is 0.447 e. The second-order valence-electron chi connectivity index (χ2n) is 2.31. The van der Waals surface area contributed by atoms with E-state index >= 15 is 0 Å². The fourth-order valence-corrected chi connectivity index (χ4v) is 0.960. The molecule has 0 N–H and O–H groups in total. The first kappa shape index (κ1) is 9.26. The number of hydrogen-bond donors (Lipinski definition) is 0. The van der Waals surface area contributed by atoms with Gasteiger partial charge in [-0.2, -0.15) is 0 Å². The monoisotopic (exact) mass is 228 g/mol. The number of ether oxygens (including phenoxy) is 1. The van der Waals surface area contributed by atoms with Gasteiger partial charge in [-0.15, -0.1) is 0 Å². The Kier molecular flexibility index (Phi) is 3.29. The van der Waals surface area contributed by atoms with Crippen LogP contribution in [0.3, 0.4) is 0 Å². The van der Waals surface area contributed by atoms with Crippen molar-refractivity contribution in [3.8, 4) is 0 Å². The zero-order valence-electron chi connectivity index (χ0n) is 6.66. The SMILES string of the molecule is CC(Br)OC(=O)c1ccccc1. The highest BCUT2D eigenvalue weighted by Gasteiger charge is 2.07. The molecule has 0 aliphatic rings. The van der Waals surface area contributed by atoms with E-state index in [9.17, 15) is 4.79 Å². The topological polar surface area (TPSA) is 26.3 Å². The molecule has 0 saturated carbocycles. The third-order valence-corrected chi connectivity index (χ3v) is 1.47. The molecule has 64 valence electrons. The number of rotatable bonds is 2. The summed E-state index contributed by atoms with van der Waals surface area (Å²) in [5.74, 6) is -0.306. The van der Waals surface area contributed by atoms with Crippen molar-refractivity contribution in [1.82, 2.24) is 0 Å². The van der Waals surface area contributed by atoms with E-state index in [1.165, 1.54) is 0 Å². The van der Waals surface area contributed by atoms with Gasteiger partial charge >= 0.3 is 5.97 Å². The molecule has 1 atom stereocenters. The summed E-state index contributed by atoms with van der Waals surface area (Å²) in [6.45, 7) is 1.75. The minimum Gasteiger partial charge on any atom is -0.447 e. The molecule has 12 heavy (non-hydrogen) atoms. The number of hydrogen-bond acceptors (Lipinski definition) is 2. The number of carbonyl (C=O) groups excluding carboxylic acids is 1. The van der Waals surface area contributed by atoms with E-state index in [4.69, 9.17) is 4.74 Å². The van der Waals surface area contributed by atoms with Crippen molar-refractivity contribution in [2.75, 3.05) is 0 Å². The van der Waals surface area contributed by atoms with Crippen LogP contribution >= 0.6 is 15.9 Å². The van der Waals surface area contributed by atoms with Gasteiger partial charge < -0.3 is 4.74 Å². The first-order chi connectivity index (χ1) is 5.70. The van der Waals surface area contributed by atoms with Crippen LogP contribution in [0.2, 0.25) is 0 Å². The first-order valence-corrected chi connectivity index (χ1v) is 4.52. The Hall–Kier alpha value is -0.830. The molecule has 0 fully saturated rings. The molecule has 1 aromatic carbocycles. The van der Waals surface area contributed by atoms with E-state index in [1.807, 2.05) is 6.07 Å². The molecule has 0 aromatic heterocycles. The summed E-state index contributed by atoms with van der Waals surface area (Å²) in [4.78, 5) is 11.2. The van der Waals surface area contributed by atoms with Crippen molar-refractivity contribution in [3.63, 3.8) is 0 Å². The lowest BCUT2D eigenvalue weighted by molar-refractivity contribution is 0.0490. The lowest BCUT2D eigenvalue weighted by Gasteiger charge is -2.05. The predicted octanol–water partition coefficient (Wildman–Crippen LogP) is 2.58. The lowest BCUT2D eigenvalue weighted by Crippen LogP contribution is -2.08. The van der Waals surface area contributed by atoms with Crippen LogP contribution in [0.15, 0.2) is 30.3 Å². The fourth-order valence-electron chi connectivity index (χ4n) is 0.790. The third-order valence-electron chi connectivity index (χ3n) is 1.28. The molecule has 0 bridgehead atoms. The number of benzene rings is 1. The summed E-state index contributed by atoms with van der Waals surface area (Å²) in [5, 5.41) is -0.245. The fraction of sp³-hybridized carbons (Fsp3) is 0.222. The van der Waals surface area contributed by atoms with Gasteiger partial charge in [-0.3, -0.25) is 0 Å². The Labute approximate surface area is 79.7 Å². The molecule has 0 radical (unpaired) electrons. The van der Waals surface area contributed by atoms with E-state index in [0.717, 1.165) is 0 Å². The number of carbonyl (C=O) groups is 1. The molecule has 2 nitrogen and oxygen atoms in total. The average molecular weight is 229 g/mol. The quantitative estimate of drug-likeness (QED) is 0.575. The van der Waals surface area contributed by atoms with Gasteiger partial charge in [-0.05, 0) is 35.0 Å². The molecule has 1 rings (SSSR count). The smallest absolute Gasteiger partial charge is 0.339 e. The van der Waals surface area contributed by atoms with Gasteiger partial charge in [-0.25, -0.2) is 4.79 Å². The molecular weight excluding hydrogens is 220 g/mol. The third kappa shape index (κ3) is 2.66. The molecule has 3 heteroatoms. The average Bonchev–Trinajstić information content (AvgIpc) is 2.05. The molecule has 0 aliphatic heterocycles. The second kappa shape index (κ2) is 4.26. The molecule has 0 aliphatic carbocycles. The first-order valence-electron chi connectivity index (χ1n) is 3.60. The van der Waals surface area contributed by atoms with Crippen molar-refractivity contribution in [2.24, 2.45) is 0 Å². The summed E-state index contributed by atoms with van der Waals surface area (Å²) < 4.78 is 4.91. The van der Waals surface area contributed by atoms with Crippen LogP contribution in [0.25, 0.3) is 0 Å². The van der Waals surface area contributed by atoms with Crippen molar-refractivity contribution < 1.29 is 9.53 Å². The molecule has 1 aromatic rings. The summed E-state index contributed by atoms with van der Waals surface area (Å²) in [6, 6.07) is 8.90. The molecule has 0 spiro atoms. The van der Waals surface area contributed by atoms with E-state index < -0.39 is 0 Å². The summed E-state index contributed by atoms with van der Waals surface area (Å²) in [7, 11) is 0. The van der Waals surface area contributed by atoms with Crippen LogP contribution in [0.5, 0.6) is 0 Å². The van der Waals surface area contributed by atoms with Crippen LogP contribution < -0.4 is 0 Å². The number of esters is 1. The second-order valence-corrected chi connectivity index (χ2v) is 3.60. The van der Waals surface area contributed by atoms with Gasteiger partial charge in [0, 0.05) is 0 Å². The summed E-state index contributed by atoms with van der Waals surface area (Å²) >= 11 is 3.13. The van der Waals surface area contributed by atoms with Crippen LogP contribution in [0, 0.1) is 0 Å². The predicted molar refractivity (Wildman–Crippen MR) is 50.2 cm³/mol. The Bertz CT molecular complexity index is 256. The maximum Gasteiger partial charge on any atom is 0.339 e. The maximum atomic E-state index is 11.2. The highest BCUT2D eigenvalue weighted by atomic mass is 79.9. The van der Waals surface area contributed by atoms with E-state index in [2.05, 4.69) is 15.9 Å². The van der Waals surface area contributed by atoms with Gasteiger partial charge in [-0.1, -0.05) is 18.2 Å². The van der Waals surface area contributed by atoms with Gasteiger partial charge in [0.2, 0.25) is 0 Å². The molecule has 0 amide bonds. The Morgan fingerprint density at radius 1 is 1.42 bits per heavy atom. The minimum absolute atomic E-state index is 0.245. The van der Waals surface area contributed by atoms with Crippen LogP contribution in [0.4, 0.5) is 0 Å². The van der Waals surface area contributed by atoms with Crippen molar-refractivity contribution in [2.45, 2.75) is 11.9 Å². The zero-order chi connectivity index (χ0) is 8.97. The van der Waals surface area contributed by atoms with E-state index in [-0.39, 0.29) is 11.0 Å². The molecule has 0 heterocycles. The molecule has 1 unspecified atom stereocenters. The number of halogens is 1. The molecule has 0 saturated heterocycles. The van der Waals surface area contributed by atoms with E-state index in [0.29, 0.717) is 5.56 Å². The molecular formula is C9H9BrO2. The zero-order valence-corrected chi connectivity index (χ0v) is 8.24. The van der Waals surface area contributed by atoms with Crippen LogP contribution in [-0.2, 0) is 4.74 Å². The summed E-state index contributed by atoms with van der Waals surface area (Å²) in [5.41, 5.74) is 0.573. The highest BCUT2D eigenvalue weighted by Crippen LogP contribution is 2.06. The van der Waals surface area contributed by atoms with Crippen LogP contribution in [0.1, 0.15) is 17.3 Å². The lowest BCUT2D eigenvalue weighted by atomic mass is 10.2. The van der Waals surface area contributed by atoms with Crippen molar-refractivity contribution in [3.05, 3.63) is 35.9 Å². The van der Waals surface area contributed by atoms with Gasteiger partial charge in [0.25, 0.3) is 0 Å². The Balaban J connectivity index is 2.66. The van der Waals surface area contributed by atoms with Gasteiger partial charge in [0.15, 0.2) is 5.01 Å². The van der Waals surface area contributed by atoms with Gasteiger partial charge in [0.1, 0.15) is 0 Å². The standard InChI is InChI=1S/C9H9BrO2/c1-7(10)12-9(11)8-5-3-2-4-6-8/h2-7H,1H3. The van der Waals surface area contributed by atoms with Crippen molar-refractivity contribution >= 4 is 21.9 Å².